The van der Waals surface area contributed by atoms with Gasteiger partial charge in [-0.3, -0.25) is 9.69 Å². The minimum atomic E-state index is -0.717. The van der Waals surface area contributed by atoms with Crippen molar-refractivity contribution in [3.8, 4) is 5.75 Å². The second kappa shape index (κ2) is 8.81. The van der Waals surface area contributed by atoms with Crippen LogP contribution in [0.15, 0.2) is 64.3 Å². The number of ether oxygens (including phenoxy) is 2. The van der Waals surface area contributed by atoms with Crippen molar-refractivity contribution in [1.82, 2.24) is 10.2 Å². The van der Waals surface area contributed by atoms with Crippen molar-refractivity contribution in [3.63, 3.8) is 0 Å². The van der Waals surface area contributed by atoms with Gasteiger partial charge in [-0.15, -0.1) is 0 Å². The van der Waals surface area contributed by atoms with Crippen LogP contribution in [0.1, 0.15) is 18.5 Å². The lowest BCUT2D eigenvalue weighted by Crippen LogP contribution is -2.49. The molecule has 3 amide bonds. The van der Waals surface area contributed by atoms with Gasteiger partial charge in [0.25, 0.3) is 0 Å². The van der Waals surface area contributed by atoms with Crippen LogP contribution in [0.5, 0.6) is 5.75 Å². The lowest BCUT2D eigenvalue weighted by Gasteiger charge is -2.33. The van der Waals surface area contributed by atoms with Crippen molar-refractivity contribution in [2.24, 2.45) is 0 Å². The molecule has 2 aromatic rings. The van der Waals surface area contributed by atoms with Crippen LogP contribution in [0.2, 0.25) is 0 Å². The molecule has 0 fully saturated rings. The summed E-state index contributed by atoms with van der Waals surface area (Å²) in [5, 5.41) is 5.57. The predicted molar refractivity (Wildman–Crippen MR) is 116 cm³/mol. The monoisotopic (exact) mass is 485 g/mol. The Morgan fingerprint density at radius 3 is 2.71 bits per heavy atom. The smallest absolute Gasteiger partial charge is 0.338 e. The van der Waals surface area contributed by atoms with Gasteiger partial charge in [-0.2, -0.15) is 0 Å². The van der Waals surface area contributed by atoms with Crippen molar-refractivity contribution in [2.45, 2.75) is 13.0 Å². The Labute approximate surface area is 187 Å². The lowest BCUT2D eigenvalue weighted by molar-refractivity contribution is -0.136. The van der Waals surface area contributed by atoms with E-state index in [4.69, 9.17) is 9.47 Å². The molecule has 0 aromatic heterocycles. The summed E-state index contributed by atoms with van der Waals surface area (Å²) in [5.74, 6) is -0.343. The van der Waals surface area contributed by atoms with Crippen LogP contribution in [-0.2, 0) is 14.3 Å². The maximum absolute atomic E-state index is 12.9. The quantitative estimate of drug-likeness (QED) is 0.611. The maximum Gasteiger partial charge on any atom is 0.338 e. The largest absolute Gasteiger partial charge is 0.494 e. The number of nitrogens with zero attached hydrogens (tertiary/aromatic N) is 1. The number of anilines is 1. The van der Waals surface area contributed by atoms with Crippen molar-refractivity contribution >= 4 is 39.5 Å². The van der Waals surface area contributed by atoms with Gasteiger partial charge in [0.15, 0.2) is 0 Å². The highest BCUT2D eigenvalue weighted by Crippen LogP contribution is 2.38. The summed E-state index contributed by atoms with van der Waals surface area (Å²) in [6.45, 7) is 1.98. The van der Waals surface area contributed by atoms with Crippen molar-refractivity contribution in [3.05, 3.63) is 69.8 Å². The van der Waals surface area contributed by atoms with Crippen LogP contribution in [0, 0.1) is 0 Å². The fourth-order valence-corrected chi connectivity index (χ4v) is 3.86. The number of para-hydroxylation sites is 1. The first-order chi connectivity index (χ1) is 15.0. The zero-order valence-corrected chi connectivity index (χ0v) is 18.3. The molecular weight excluding hydrogens is 466 g/mol. The number of urea groups is 1. The highest BCUT2D eigenvalue weighted by atomic mass is 79.9. The van der Waals surface area contributed by atoms with Crippen LogP contribution < -0.4 is 15.4 Å². The van der Waals surface area contributed by atoms with Gasteiger partial charge < -0.3 is 20.1 Å². The Kier molecular flexibility index (Phi) is 5.94. The van der Waals surface area contributed by atoms with Gasteiger partial charge in [0.2, 0.25) is 5.91 Å². The summed E-state index contributed by atoms with van der Waals surface area (Å²) >= 11 is 3.34. The molecule has 31 heavy (non-hydrogen) atoms. The SMILES string of the molecule is CCOc1ccccc1[C@@H]1NC(=O)N(CC(=O)Nc2ccc(Br)cc2)C2=C1C(=O)OC2. The average molecular weight is 486 g/mol. The molecule has 2 aliphatic rings. The number of carbonyl (C=O) groups is 3. The van der Waals surface area contributed by atoms with Crippen LogP contribution in [0.4, 0.5) is 10.5 Å². The Balaban J connectivity index is 1.61. The lowest BCUT2D eigenvalue weighted by atomic mass is 9.95. The number of esters is 1. The molecule has 0 bridgehead atoms. The molecule has 0 aliphatic carbocycles. The summed E-state index contributed by atoms with van der Waals surface area (Å²) in [4.78, 5) is 39.2. The van der Waals surface area contributed by atoms with E-state index in [2.05, 4.69) is 26.6 Å². The summed E-state index contributed by atoms with van der Waals surface area (Å²) < 4.78 is 11.8. The molecule has 1 atom stereocenters. The molecule has 160 valence electrons. The second-order valence-electron chi connectivity index (χ2n) is 6.93. The number of benzene rings is 2. The summed E-state index contributed by atoms with van der Waals surface area (Å²) in [6.07, 6.45) is 0. The molecule has 2 N–H and O–H groups in total. The second-order valence-corrected chi connectivity index (χ2v) is 7.85. The zero-order valence-electron chi connectivity index (χ0n) is 16.7. The predicted octanol–water partition coefficient (Wildman–Crippen LogP) is 3.36. The van der Waals surface area contributed by atoms with Gasteiger partial charge >= 0.3 is 12.0 Å². The van der Waals surface area contributed by atoms with Crippen LogP contribution in [0.25, 0.3) is 0 Å². The van der Waals surface area contributed by atoms with Crippen molar-refractivity contribution < 1.29 is 23.9 Å². The minimum Gasteiger partial charge on any atom is -0.494 e. The number of amides is 3. The summed E-state index contributed by atoms with van der Waals surface area (Å²) in [6, 6.07) is 13.1. The third kappa shape index (κ3) is 4.27. The molecule has 2 aromatic carbocycles. The van der Waals surface area contributed by atoms with E-state index in [9.17, 15) is 14.4 Å². The van der Waals surface area contributed by atoms with Gasteiger partial charge in [-0.1, -0.05) is 34.1 Å². The molecule has 0 saturated carbocycles. The molecule has 0 radical (unpaired) electrons. The Morgan fingerprint density at radius 2 is 1.97 bits per heavy atom. The Bertz CT molecular complexity index is 1070. The van der Waals surface area contributed by atoms with E-state index < -0.39 is 23.9 Å². The molecule has 0 saturated heterocycles. The fraction of sp³-hybridized carbons (Fsp3) is 0.227. The number of hydrogen-bond donors (Lipinski definition) is 2. The van der Waals surface area contributed by atoms with Gasteiger partial charge in [0.1, 0.15) is 18.9 Å². The third-order valence-electron chi connectivity index (χ3n) is 4.96. The zero-order chi connectivity index (χ0) is 22.0. The van der Waals surface area contributed by atoms with E-state index >= 15 is 0 Å². The topological polar surface area (TPSA) is 97.0 Å². The molecule has 9 heteroatoms. The van der Waals surface area contributed by atoms with Gasteiger partial charge in [-0.25, -0.2) is 9.59 Å². The highest BCUT2D eigenvalue weighted by molar-refractivity contribution is 9.10. The molecule has 0 spiro atoms. The van der Waals surface area contributed by atoms with Crippen LogP contribution >= 0.6 is 15.9 Å². The maximum atomic E-state index is 12.9. The first kappa shape index (κ1) is 20.9. The summed E-state index contributed by atoms with van der Waals surface area (Å²) in [7, 11) is 0. The normalized spacial score (nSPS) is 17.7. The first-order valence-electron chi connectivity index (χ1n) is 9.73. The van der Waals surface area contributed by atoms with E-state index in [0.29, 0.717) is 34.9 Å². The van der Waals surface area contributed by atoms with E-state index in [1.165, 1.54) is 4.90 Å². The molecule has 8 nitrogen and oxygen atoms in total. The fourth-order valence-electron chi connectivity index (χ4n) is 3.59. The summed E-state index contributed by atoms with van der Waals surface area (Å²) in [5.41, 5.74) is 1.95. The minimum absolute atomic E-state index is 0.0690. The number of cyclic esters (lactones) is 1. The number of halogens is 1. The molecule has 2 heterocycles. The number of rotatable bonds is 6. The molecule has 4 rings (SSSR count). The highest BCUT2D eigenvalue weighted by Gasteiger charge is 2.43. The van der Waals surface area contributed by atoms with Crippen molar-refractivity contribution in [2.75, 3.05) is 25.1 Å². The number of hydrogen-bond acceptors (Lipinski definition) is 5. The molecule has 2 aliphatic heterocycles. The van der Waals surface area contributed by atoms with Crippen LogP contribution in [0.3, 0.4) is 0 Å². The first-order valence-corrected chi connectivity index (χ1v) is 10.5. The number of carbonyl (C=O) groups excluding carboxylic acids is 3. The van der Waals surface area contributed by atoms with E-state index in [1.54, 1.807) is 36.4 Å². The average Bonchev–Trinajstić information content (AvgIpc) is 3.14. The standard InChI is InChI=1S/C22H20BrN3O5/c1-2-30-17-6-4-3-5-15(17)20-19-16(12-31-21(19)28)26(22(29)25-20)11-18(27)24-14-9-7-13(23)8-10-14/h3-10,20H,2,11-12H2,1H3,(H,24,27)(H,25,29)/t20-/m0/s1. The van der Waals surface area contributed by atoms with Gasteiger partial charge in [0.05, 0.1) is 23.9 Å². The molecular formula is C22H20BrN3O5. The van der Waals surface area contributed by atoms with Crippen LogP contribution in [-0.4, -0.2) is 42.6 Å². The van der Waals surface area contributed by atoms with E-state index in [1.807, 2.05) is 19.1 Å². The Morgan fingerprint density at radius 1 is 1.23 bits per heavy atom. The van der Waals surface area contributed by atoms with Crippen molar-refractivity contribution in [1.29, 1.82) is 0 Å². The number of nitrogens with one attached hydrogen (secondary N) is 2. The molecule has 0 unspecified atom stereocenters. The Hall–Kier alpha value is -3.33. The van der Waals surface area contributed by atoms with Gasteiger partial charge in [-0.05, 0) is 37.3 Å². The van der Waals surface area contributed by atoms with E-state index in [-0.39, 0.29) is 13.2 Å². The van der Waals surface area contributed by atoms with E-state index in [0.717, 1.165) is 4.47 Å². The van der Waals surface area contributed by atoms with Gasteiger partial charge in [0, 0.05) is 15.7 Å². The third-order valence-corrected chi connectivity index (χ3v) is 5.49.